The van der Waals surface area contributed by atoms with Crippen LogP contribution in [0.1, 0.15) is 22.3 Å². The summed E-state index contributed by atoms with van der Waals surface area (Å²) in [6.07, 6.45) is 0. The molecule has 0 saturated heterocycles. The van der Waals surface area contributed by atoms with E-state index in [1.54, 1.807) is 0 Å². The summed E-state index contributed by atoms with van der Waals surface area (Å²) < 4.78 is 10.1. The molecular weight excluding hydrogens is 848 g/mol. The first kappa shape index (κ1) is 39.5. The van der Waals surface area contributed by atoms with Gasteiger partial charge in [0.25, 0.3) is 13.4 Å². The number of rotatable bonds is 4. The van der Waals surface area contributed by atoms with Crippen LogP contribution in [0.5, 0.6) is 11.5 Å². The normalized spacial score (nSPS) is 13.4. The van der Waals surface area contributed by atoms with Crippen LogP contribution in [0, 0.1) is 27.7 Å². The topological polar surface area (TPSA) is 20.6 Å². The number of nitrogens with zero attached hydrogens (tertiary/aromatic N) is 3. The van der Waals surface area contributed by atoms with Gasteiger partial charge in [0.1, 0.15) is 11.5 Å². The zero-order chi connectivity index (χ0) is 46.5. The quantitative estimate of drug-likeness (QED) is 0.164. The Morgan fingerprint density at radius 1 is 0.371 bits per heavy atom. The van der Waals surface area contributed by atoms with Crippen molar-refractivity contribution in [2.75, 3.05) is 9.80 Å². The minimum Gasteiger partial charge on any atom is -0.458 e. The highest BCUT2D eigenvalue weighted by molar-refractivity contribution is 7.02. The van der Waals surface area contributed by atoms with Gasteiger partial charge in [-0.15, -0.1) is 0 Å². The van der Waals surface area contributed by atoms with Crippen LogP contribution < -0.4 is 47.3 Å². The van der Waals surface area contributed by atoms with Crippen molar-refractivity contribution < 1.29 is 4.74 Å². The van der Waals surface area contributed by atoms with Crippen LogP contribution >= 0.6 is 0 Å². The fraction of sp³-hybridized carbons (Fsp3) is 0.0625. The highest BCUT2D eigenvalue weighted by atomic mass is 16.5. The second kappa shape index (κ2) is 14.5. The van der Waals surface area contributed by atoms with Crippen molar-refractivity contribution in [3.05, 3.63) is 222 Å². The van der Waals surface area contributed by atoms with E-state index in [1.807, 2.05) is 0 Å². The summed E-state index contributed by atoms with van der Waals surface area (Å²) in [6.45, 7) is 8.70. The molecule has 4 nitrogen and oxygen atoms in total. The SMILES string of the molecule is Cc1ccc(-c2cc3c4c(c2)N(c2ccccc2)c2ccccc2B4c2cc4c(cc2O3)N(c2ccccc2)c2cc(-c3ccc(C)cc3C)cc3c2B4c2cccc4c5ccccc5n-3c24)c(C)c1. The van der Waals surface area contributed by atoms with Crippen molar-refractivity contribution >= 4 is 102 Å². The lowest BCUT2D eigenvalue weighted by Crippen LogP contribution is -2.64. The van der Waals surface area contributed by atoms with Gasteiger partial charge in [0.05, 0.1) is 5.52 Å². The smallest absolute Gasteiger partial charge is 0.256 e. The molecule has 0 radical (unpaired) electrons. The van der Waals surface area contributed by atoms with Gasteiger partial charge in [-0.2, -0.15) is 0 Å². The van der Waals surface area contributed by atoms with Crippen molar-refractivity contribution in [1.29, 1.82) is 0 Å². The summed E-state index contributed by atoms with van der Waals surface area (Å²) in [4.78, 5) is 4.98. The highest BCUT2D eigenvalue weighted by Gasteiger charge is 2.47. The van der Waals surface area contributed by atoms with Gasteiger partial charge >= 0.3 is 0 Å². The fourth-order valence-electron chi connectivity index (χ4n) is 12.9. The number of ether oxygens (including phenoxy) is 1. The molecule has 4 aliphatic rings. The van der Waals surface area contributed by atoms with Crippen LogP contribution in [-0.2, 0) is 0 Å². The number of fused-ring (bicyclic) bond motifs is 11. The maximum atomic E-state index is 7.51. The van der Waals surface area contributed by atoms with Crippen molar-refractivity contribution in [3.63, 3.8) is 0 Å². The molecule has 0 bridgehead atoms. The average Bonchev–Trinajstić information content (AvgIpc) is 3.73. The van der Waals surface area contributed by atoms with E-state index in [9.17, 15) is 0 Å². The van der Waals surface area contributed by atoms with E-state index in [4.69, 9.17) is 4.74 Å². The fourth-order valence-corrected chi connectivity index (χ4v) is 12.9. The Morgan fingerprint density at radius 3 is 1.66 bits per heavy atom. The largest absolute Gasteiger partial charge is 0.458 e. The summed E-state index contributed by atoms with van der Waals surface area (Å²) >= 11 is 0. The third-order valence-corrected chi connectivity index (χ3v) is 15.7. The van der Waals surface area contributed by atoms with Gasteiger partial charge in [-0.1, -0.05) is 145 Å². The number of benzene rings is 10. The van der Waals surface area contributed by atoms with E-state index in [2.05, 4.69) is 242 Å². The van der Waals surface area contributed by atoms with Crippen molar-refractivity contribution in [2.45, 2.75) is 27.7 Å². The first-order valence-electron chi connectivity index (χ1n) is 24.6. The van der Waals surface area contributed by atoms with Gasteiger partial charge in [0.2, 0.25) is 0 Å². The molecule has 1 aromatic heterocycles. The standard InChI is InChI=1S/C64H45B2N3O/c1-38-26-28-46(40(3)30-38)42-32-57-62-58(33-42)69-54-24-13-11-20-48(54)49-21-15-23-51(64(49)69)66(62)52-36-53-60(37-56(52)68(57)45-18-9-6-10-19-45)70-61-35-43(47-29-27-39(2)31-41(47)4)34-59-63(61)65(53)50-22-12-14-25-55(50)67(59)44-16-7-5-8-17-44/h5-37H,1-4H3. The maximum Gasteiger partial charge on any atom is 0.256 e. The van der Waals surface area contributed by atoms with Crippen molar-refractivity contribution in [2.24, 2.45) is 0 Å². The Morgan fingerprint density at radius 2 is 0.943 bits per heavy atom. The molecule has 6 heteroatoms. The van der Waals surface area contributed by atoms with Gasteiger partial charge in [0, 0.05) is 62.2 Å². The molecule has 0 saturated carbocycles. The Labute approximate surface area is 408 Å². The molecule has 15 rings (SSSR count). The van der Waals surface area contributed by atoms with Gasteiger partial charge in [-0.3, -0.25) is 0 Å². The van der Waals surface area contributed by atoms with E-state index in [-0.39, 0.29) is 13.4 Å². The molecular formula is C64H45B2N3O. The molecule has 0 N–H and O–H groups in total. The number of aryl methyl sites for hydroxylation is 4. The third kappa shape index (κ3) is 5.44. The third-order valence-electron chi connectivity index (χ3n) is 15.7. The molecule has 0 unspecified atom stereocenters. The number of hydrogen-bond donors (Lipinski definition) is 0. The van der Waals surface area contributed by atoms with Gasteiger partial charge in [0.15, 0.2) is 0 Å². The molecule has 0 atom stereocenters. The molecule has 328 valence electrons. The van der Waals surface area contributed by atoms with E-state index in [1.165, 1.54) is 111 Å². The Bertz CT molecular complexity index is 4060. The molecule has 4 aliphatic heterocycles. The average molecular weight is 894 g/mol. The molecule has 10 aromatic carbocycles. The Balaban J connectivity index is 1.05. The second-order valence-electron chi connectivity index (χ2n) is 19.9. The molecule has 0 aliphatic carbocycles. The number of aromatic nitrogens is 1. The Kier molecular flexibility index (Phi) is 8.20. The maximum absolute atomic E-state index is 7.51. The number of hydrogen-bond acceptors (Lipinski definition) is 3. The van der Waals surface area contributed by atoms with Crippen molar-refractivity contribution in [1.82, 2.24) is 4.57 Å². The lowest BCUT2D eigenvalue weighted by atomic mass is 9.30. The minimum absolute atomic E-state index is 0.0497. The molecule has 0 amide bonds. The van der Waals surface area contributed by atoms with E-state index < -0.39 is 0 Å². The van der Waals surface area contributed by atoms with Crippen LogP contribution in [0.3, 0.4) is 0 Å². The van der Waals surface area contributed by atoms with Crippen LogP contribution in [0.15, 0.2) is 200 Å². The van der Waals surface area contributed by atoms with Crippen LogP contribution in [0.2, 0.25) is 0 Å². The van der Waals surface area contributed by atoms with E-state index in [0.29, 0.717) is 0 Å². The summed E-state index contributed by atoms with van der Waals surface area (Å²) in [7, 11) is 0. The lowest BCUT2D eigenvalue weighted by molar-refractivity contribution is 0.488. The zero-order valence-electron chi connectivity index (χ0n) is 39.5. The number of para-hydroxylation sites is 5. The summed E-state index contributed by atoms with van der Waals surface area (Å²) in [5.41, 5.74) is 28.0. The molecule has 0 spiro atoms. The molecule has 11 aromatic rings. The van der Waals surface area contributed by atoms with Crippen LogP contribution in [0.25, 0.3) is 49.7 Å². The van der Waals surface area contributed by atoms with Gasteiger partial charge in [-0.05, 0) is 155 Å². The van der Waals surface area contributed by atoms with Gasteiger partial charge < -0.3 is 19.1 Å². The minimum atomic E-state index is -0.0767. The molecule has 5 heterocycles. The zero-order valence-corrected chi connectivity index (χ0v) is 39.5. The predicted molar refractivity (Wildman–Crippen MR) is 296 cm³/mol. The second-order valence-corrected chi connectivity index (χ2v) is 19.9. The van der Waals surface area contributed by atoms with Gasteiger partial charge in [-0.25, -0.2) is 0 Å². The Hall–Kier alpha value is -8.47. The molecule has 0 fully saturated rings. The first-order valence-corrected chi connectivity index (χ1v) is 24.6. The summed E-state index contributed by atoms with van der Waals surface area (Å²) in [5.74, 6) is 1.79. The number of anilines is 6. The highest BCUT2D eigenvalue weighted by Crippen LogP contribution is 2.47. The van der Waals surface area contributed by atoms with Crippen molar-refractivity contribution in [3.8, 4) is 39.4 Å². The summed E-state index contributed by atoms with van der Waals surface area (Å²) in [6, 6.07) is 75.0. The van der Waals surface area contributed by atoms with Crippen LogP contribution in [0.4, 0.5) is 34.1 Å². The lowest BCUT2D eigenvalue weighted by Gasteiger charge is -2.43. The predicted octanol–water partition coefficient (Wildman–Crippen LogP) is 12.4. The monoisotopic (exact) mass is 893 g/mol. The molecule has 70 heavy (non-hydrogen) atoms. The van der Waals surface area contributed by atoms with Crippen LogP contribution in [-0.4, -0.2) is 18.0 Å². The summed E-state index contributed by atoms with van der Waals surface area (Å²) in [5, 5.41) is 2.56. The first-order chi connectivity index (χ1) is 34.4. The van der Waals surface area contributed by atoms with E-state index in [0.717, 1.165) is 39.8 Å². The van der Waals surface area contributed by atoms with E-state index >= 15 is 0 Å².